The number of rotatable bonds is 4. The predicted molar refractivity (Wildman–Crippen MR) is 82.4 cm³/mol. The number of esters is 1. The first kappa shape index (κ1) is 15.0. The second-order valence-corrected chi connectivity index (χ2v) is 5.20. The number of hydrogen-bond acceptors (Lipinski definition) is 6. The maximum absolute atomic E-state index is 11.5. The molecule has 3 aromatic rings. The highest BCUT2D eigenvalue weighted by atomic mass is 16.5. The van der Waals surface area contributed by atoms with Gasteiger partial charge in [-0.3, -0.25) is 4.79 Å². The molecule has 3 rings (SSSR count). The highest BCUT2D eigenvalue weighted by Gasteiger charge is 2.17. The van der Waals surface area contributed by atoms with Crippen LogP contribution in [0.2, 0.25) is 0 Å². The quantitative estimate of drug-likeness (QED) is 0.688. The molecule has 23 heavy (non-hydrogen) atoms. The van der Waals surface area contributed by atoms with Crippen LogP contribution in [0, 0.1) is 13.8 Å². The van der Waals surface area contributed by atoms with Gasteiger partial charge in [0, 0.05) is 5.56 Å². The molecule has 0 fully saturated rings. The summed E-state index contributed by atoms with van der Waals surface area (Å²) in [6.07, 6.45) is 0. The standard InChI is InChI=1S/C16H16N4O3/c1-10-5-4-6-12(7-10)16-17-15(19-23-16)13-8-11(2)18-20(13)9-14(21)22-3/h4-8H,9H2,1-3H3. The molecule has 7 nitrogen and oxygen atoms in total. The largest absolute Gasteiger partial charge is 0.468 e. The van der Waals surface area contributed by atoms with Gasteiger partial charge in [0.05, 0.1) is 12.8 Å². The number of benzene rings is 1. The Hall–Kier alpha value is -2.96. The number of hydrogen-bond donors (Lipinski definition) is 0. The summed E-state index contributed by atoms with van der Waals surface area (Å²) in [7, 11) is 1.34. The van der Waals surface area contributed by atoms with Gasteiger partial charge in [-0.25, -0.2) is 4.68 Å². The highest BCUT2D eigenvalue weighted by molar-refractivity contribution is 5.70. The van der Waals surface area contributed by atoms with Crippen LogP contribution < -0.4 is 0 Å². The minimum absolute atomic E-state index is 0.00596. The Morgan fingerprint density at radius 2 is 2.13 bits per heavy atom. The number of aryl methyl sites for hydroxylation is 2. The predicted octanol–water partition coefficient (Wildman–Crippen LogP) is 2.39. The topological polar surface area (TPSA) is 83.0 Å². The van der Waals surface area contributed by atoms with Gasteiger partial charge in [-0.05, 0) is 32.0 Å². The molecule has 118 valence electrons. The minimum Gasteiger partial charge on any atom is -0.468 e. The van der Waals surface area contributed by atoms with Crippen LogP contribution in [0.4, 0.5) is 0 Å². The fourth-order valence-electron chi connectivity index (χ4n) is 2.26. The molecule has 7 heteroatoms. The Morgan fingerprint density at radius 3 is 2.87 bits per heavy atom. The van der Waals surface area contributed by atoms with Crippen LogP contribution in [0.25, 0.3) is 23.0 Å². The molecule has 2 heterocycles. The fraction of sp³-hybridized carbons (Fsp3) is 0.250. The van der Waals surface area contributed by atoms with E-state index in [1.807, 2.05) is 38.1 Å². The molecule has 0 aliphatic carbocycles. The van der Waals surface area contributed by atoms with Crippen molar-refractivity contribution in [3.8, 4) is 23.0 Å². The van der Waals surface area contributed by atoms with Crippen molar-refractivity contribution in [1.29, 1.82) is 0 Å². The first-order chi connectivity index (χ1) is 11.1. The smallest absolute Gasteiger partial charge is 0.327 e. The number of carbonyl (C=O) groups excluding carboxylic acids is 1. The van der Waals surface area contributed by atoms with Crippen molar-refractivity contribution >= 4 is 5.97 Å². The molecule has 0 N–H and O–H groups in total. The van der Waals surface area contributed by atoms with Crippen molar-refractivity contribution in [2.75, 3.05) is 7.11 Å². The monoisotopic (exact) mass is 312 g/mol. The molecule has 1 aromatic carbocycles. The minimum atomic E-state index is -0.392. The van der Waals surface area contributed by atoms with Gasteiger partial charge in [-0.2, -0.15) is 10.1 Å². The van der Waals surface area contributed by atoms with E-state index in [2.05, 4.69) is 20.0 Å². The lowest BCUT2D eigenvalue weighted by molar-refractivity contribution is -0.141. The van der Waals surface area contributed by atoms with Crippen LogP contribution in [0.15, 0.2) is 34.9 Å². The lowest BCUT2D eigenvalue weighted by Gasteiger charge is -2.02. The van der Waals surface area contributed by atoms with Gasteiger partial charge in [-0.15, -0.1) is 0 Å². The third kappa shape index (κ3) is 3.13. The summed E-state index contributed by atoms with van der Waals surface area (Å²) in [4.78, 5) is 15.9. The van der Waals surface area contributed by atoms with E-state index in [1.165, 1.54) is 11.8 Å². The summed E-state index contributed by atoms with van der Waals surface area (Å²) in [6.45, 7) is 3.82. The highest BCUT2D eigenvalue weighted by Crippen LogP contribution is 2.23. The summed E-state index contributed by atoms with van der Waals surface area (Å²) < 4.78 is 11.5. The Balaban J connectivity index is 1.96. The normalized spacial score (nSPS) is 10.7. The van der Waals surface area contributed by atoms with E-state index in [0.717, 1.165) is 16.8 Å². The summed E-state index contributed by atoms with van der Waals surface area (Å²) in [5, 5.41) is 8.27. The van der Waals surface area contributed by atoms with Crippen molar-refractivity contribution in [3.05, 3.63) is 41.6 Å². The summed E-state index contributed by atoms with van der Waals surface area (Å²) >= 11 is 0. The van der Waals surface area contributed by atoms with Gasteiger partial charge in [0.1, 0.15) is 12.2 Å². The maximum Gasteiger partial charge on any atom is 0.327 e. The Morgan fingerprint density at radius 1 is 1.30 bits per heavy atom. The van der Waals surface area contributed by atoms with Crippen molar-refractivity contribution in [1.82, 2.24) is 19.9 Å². The zero-order valence-corrected chi connectivity index (χ0v) is 13.1. The molecular weight excluding hydrogens is 296 g/mol. The second kappa shape index (κ2) is 6.04. The molecule has 0 saturated heterocycles. The third-order valence-corrected chi connectivity index (χ3v) is 3.33. The summed E-state index contributed by atoms with van der Waals surface area (Å²) in [6, 6.07) is 9.60. The number of aromatic nitrogens is 4. The molecule has 0 atom stereocenters. The maximum atomic E-state index is 11.5. The van der Waals surface area contributed by atoms with E-state index in [0.29, 0.717) is 17.4 Å². The van der Waals surface area contributed by atoms with E-state index in [4.69, 9.17) is 4.52 Å². The number of nitrogens with zero attached hydrogens (tertiary/aromatic N) is 4. The number of ether oxygens (including phenoxy) is 1. The molecule has 0 radical (unpaired) electrons. The molecule has 0 unspecified atom stereocenters. The van der Waals surface area contributed by atoms with E-state index in [1.54, 1.807) is 6.07 Å². The van der Waals surface area contributed by atoms with E-state index in [9.17, 15) is 4.79 Å². The van der Waals surface area contributed by atoms with Crippen LogP contribution in [0.1, 0.15) is 11.3 Å². The fourth-order valence-corrected chi connectivity index (χ4v) is 2.26. The molecule has 0 aliphatic rings. The van der Waals surface area contributed by atoms with Crippen molar-refractivity contribution in [3.63, 3.8) is 0 Å². The second-order valence-electron chi connectivity index (χ2n) is 5.20. The number of carbonyl (C=O) groups is 1. The van der Waals surface area contributed by atoms with Gasteiger partial charge >= 0.3 is 5.97 Å². The molecule has 0 saturated carbocycles. The first-order valence-electron chi connectivity index (χ1n) is 7.09. The first-order valence-corrected chi connectivity index (χ1v) is 7.09. The van der Waals surface area contributed by atoms with Crippen LogP contribution >= 0.6 is 0 Å². The van der Waals surface area contributed by atoms with Crippen molar-refractivity contribution in [2.45, 2.75) is 20.4 Å². The van der Waals surface area contributed by atoms with E-state index >= 15 is 0 Å². The Labute approximate surface area is 132 Å². The third-order valence-electron chi connectivity index (χ3n) is 3.33. The van der Waals surface area contributed by atoms with Gasteiger partial charge in [0.25, 0.3) is 5.89 Å². The lowest BCUT2D eigenvalue weighted by atomic mass is 10.1. The average Bonchev–Trinajstić information content (AvgIpc) is 3.14. The SMILES string of the molecule is COC(=O)Cn1nc(C)cc1-c1noc(-c2cccc(C)c2)n1. The van der Waals surface area contributed by atoms with Crippen molar-refractivity contribution in [2.24, 2.45) is 0 Å². The van der Waals surface area contributed by atoms with Crippen molar-refractivity contribution < 1.29 is 14.1 Å². The van der Waals surface area contributed by atoms with E-state index in [-0.39, 0.29) is 6.54 Å². The summed E-state index contributed by atoms with van der Waals surface area (Å²) in [5.41, 5.74) is 3.31. The van der Waals surface area contributed by atoms with E-state index < -0.39 is 5.97 Å². The summed E-state index contributed by atoms with van der Waals surface area (Å²) in [5.74, 6) is 0.412. The average molecular weight is 312 g/mol. The molecule has 0 aliphatic heterocycles. The van der Waals surface area contributed by atoms with Gasteiger partial charge in [0.15, 0.2) is 0 Å². The zero-order chi connectivity index (χ0) is 16.4. The molecular formula is C16H16N4O3. The zero-order valence-electron chi connectivity index (χ0n) is 13.1. The molecule has 0 bridgehead atoms. The molecule has 0 spiro atoms. The van der Waals surface area contributed by atoms with Gasteiger partial charge in [0.2, 0.25) is 5.82 Å². The van der Waals surface area contributed by atoms with Crippen LogP contribution in [0.3, 0.4) is 0 Å². The van der Waals surface area contributed by atoms with Gasteiger partial charge < -0.3 is 9.26 Å². The molecule has 0 amide bonds. The van der Waals surface area contributed by atoms with Gasteiger partial charge in [-0.1, -0.05) is 22.9 Å². The van der Waals surface area contributed by atoms with Crippen LogP contribution in [-0.4, -0.2) is 33.0 Å². The van der Waals surface area contributed by atoms with Crippen LogP contribution in [0.5, 0.6) is 0 Å². The Kier molecular flexibility index (Phi) is 3.92. The Bertz CT molecular complexity index is 851. The lowest BCUT2D eigenvalue weighted by Crippen LogP contribution is -2.14. The van der Waals surface area contributed by atoms with Crippen LogP contribution in [-0.2, 0) is 16.1 Å². The number of methoxy groups -OCH3 is 1. The molecule has 2 aromatic heterocycles.